The predicted octanol–water partition coefficient (Wildman–Crippen LogP) is 0.849. The van der Waals surface area contributed by atoms with E-state index in [0.29, 0.717) is 29.6 Å². The number of ether oxygens (including phenoxy) is 1. The first kappa shape index (κ1) is 20.9. The minimum atomic E-state index is -0.402. The lowest BCUT2D eigenvalue weighted by molar-refractivity contribution is -0.147. The van der Waals surface area contributed by atoms with Crippen LogP contribution in [0.5, 0.6) is 0 Å². The fraction of sp³-hybridized carbons (Fsp3) is 0.409. The zero-order valence-corrected chi connectivity index (χ0v) is 17.2. The molecule has 9 heteroatoms. The van der Waals surface area contributed by atoms with Crippen molar-refractivity contribution in [2.75, 3.05) is 26.8 Å². The largest absolute Gasteiger partial charge is 0.383 e. The minimum Gasteiger partial charge on any atom is -0.383 e. The molecule has 1 fully saturated rings. The van der Waals surface area contributed by atoms with Gasteiger partial charge in [0.2, 0.25) is 17.7 Å². The van der Waals surface area contributed by atoms with Gasteiger partial charge in [-0.05, 0) is 25.0 Å². The summed E-state index contributed by atoms with van der Waals surface area (Å²) in [6, 6.07) is 6.94. The van der Waals surface area contributed by atoms with Crippen molar-refractivity contribution in [1.29, 1.82) is 0 Å². The van der Waals surface area contributed by atoms with E-state index in [2.05, 4.69) is 9.97 Å². The number of amides is 3. The Morgan fingerprint density at radius 1 is 1.16 bits per heavy atom. The van der Waals surface area contributed by atoms with Crippen LogP contribution in [-0.4, -0.2) is 64.3 Å². The second kappa shape index (κ2) is 8.81. The number of aromatic amines is 1. The van der Waals surface area contributed by atoms with E-state index in [1.54, 1.807) is 24.3 Å². The summed E-state index contributed by atoms with van der Waals surface area (Å²) in [5.74, 6) is -1.42. The Morgan fingerprint density at radius 3 is 2.52 bits per heavy atom. The highest BCUT2D eigenvalue weighted by molar-refractivity contribution is 6.07. The number of rotatable bonds is 7. The molecule has 0 radical (unpaired) electrons. The molecular weight excluding hydrogens is 400 g/mol. The van der Waals surface area contributed by atoms with Gasteiger partial charge in [0.15, 0.2) is 0 Å². The van der Waals surface area contributed by atoms with Crippen LogP contribution < -0.4 is 5.56 Å². The lowest BCUT2D eigenvalue weighted by atomic mass is 9.85. The third-order valence-corrected chi connectivity index (χ3v) is 5.81. The number of fused-ring (bicyclic) bond motifs is 2. The number of allylic oxidation sites excluding steroid dienone is 2. The number of nitrogens with one attached hydrogen (secondary N) is 1. The second-order valence-electron chi connectivity index (χ2n) is 7.76. The molecule has 0 bridgehead atoms. The van der Waals surface area contributed by atoms with Crippen molar-refractivity contribution in [2.24, 2.45) is 11.8 Å². The van der Waals surface area contributed by atoms with E-state index >= 15 is 0 Å². The van der Waals surface area contributed by atoms with Gasteiger partial charge in [-0.15, -0.1) is 0 Å². The van der Waals surface area contributed by atoms with Crippen LogP contribution in [0.1, 0.15) is 18.7 Å². The number of carbonyl (C=O) groups excluding carboxylic acids is 3. The zero-order valence-electron chi connectivity index (χ0n) is 17.2. The topological polar surface area (TPSA) is 113 Å². The standard InChI is InChI=1S/C22H24N4O5/c1-31-11-10-25(12-18-23-17-9-5-4-8-16(17)20(28)24-18)19(27)13-26-21(29)14-6-2-3-7-15(14)22(26)30/h2-5,8-9,14-15H,6-7,10-13H2,1H3,(H,23,24,28)/t14-,15+. The Bertz CT molecular complexity index is 1080. The number of carbonyl (C=O) groups is 3. The Balaban J connectivity index is 1.52. The van der Waals surface area contributed by atoms with E-state index in [0.717, 1.165) is 4.90 Å². The van der Waals surface area contributed by atoms with Crippen molar-refractivity contribution in [3.05, 3.63) is 52.6 Å². The Labute approximate surface area is 178 Å². The van der Waals surface area contributed by atoms with E-state index in [9.17, 15) is 19.2 Å². The van der Waals surface area contributed by atoms with Crippen LogP contribution in [0.4, 0.5) is 0 Å². The summed E-state index contributed by atoms with van der Waals surface area (Å²) in [5, 5.41) is 0.463. The number of nitrogens with zero attached hydrogens (tertiary/aromatic N) is 3. The first-order valence-electron chi connectivity index (χ1n) is 10.2. The first-order chi connectivity index (χ1) is 15.0. The summed E-state index contributed by atoms with van der Waals surface area (Å²) >= 11 is 0. The quantitative estimate of drug-likeness (QED) is 0.521. The van der Waals surface area contributed by atoms with E-state index in [4.69, 9.17) is 4.74 Å². The average molecular weight is 424 g/mol. The van der Waals surface area contributed by atoms with Crippen LogP contribution in [0.15, 0.2) is 41.2 Å². The maximum absolute atomic E-state index is 13.0. The highest BCUT2D eigenvalue weighted by Crippen LogP contribution is 2.34. The van der Waals surface area contributed by atoms with Crippen LogP contribution in [0.2, 0.25) is 0 Å². The van der Waals surface area contributed by atoms with Crippen molar-refractivity contribution in [3.63, 3.8) is 0 Å². The molecule has 1 aliphatic carbocycles. The van der Waals surface area contributed by atoms with E-state index in [1.165, 1.54) is 12.0 Å². The normalized spacial score (nSPS) is 20.4. The van der Waals surface area contributed by atoms with Crippen molar-refractivity contribution in [1.82, 2.24) is 19.8 Å². The highest BCUT2D eigenvalue weighted by atomic mass is 16.5. The molecule has 1 aromatic carbocycles. The summed E-state index contributed by atoms with van der Waals surface area (Å²) in [6.07, 6.45) is 4.86. The van der Waals surface area contributed by atoms with Crippen LogP contribution in [0, 0.1) is 11.8 Å². The molecule has 0 spiro atoms. The van der Waals surface area contributed by atoms with Crippen LogP contribution in [0.3, 0.4) is 0 Å². The molecule has 1 aromatic heterocycles. The molecule has 1 N–H and O–H groups in total. The minimum absolute atomic E-state index is 0.0346. The van der Waals surface area contributed by atoms with Gasteiger partial charge in [0.1, 0.15) is 12.4 Å². The van der Waals surface area contributed by atoms with Gasteiger partial charge in [0, 0.05) is 13.7 Å². The van der Waals surface area contributed by atoms with E-state index in [-0.39, 0.29) is 55.5 Å². The fourth-order valence-corrected chi connectivity index (χ4v) is 4.14. The molecule has 0 saturated carbocycles. The number of aromatic nitrogens is 2. The number of H-pyrrole nitrogens is 1. The Hall–Kier alpha value is -3.33. The first-order valence-corrected chi connectivity index (χ1v) is 10.2. The Morgan fingerprint density at radius 2 is 1.84 bits per heavy atom. The number of imide groups is 1. The molecule has 2 atom stereocenters. The summed E-state index contributed by atoms with van der Waals surface area (Å²) in [7, 11) is 1.52. The number of methoxy groups -OCH3 is 1. The van der Waals surface area contributed by atoms with Crippen molar-refractivity contribution in [3.8, 4) is 0 Å². The molecule has 2 aromatic rings. The Kier molecular flexibility index (Phi) is 5.94. The van der Waals surface area contributed by atoms with Gasteiger partial charge in [-0.25, -0.2) is 4.98 Å². The monoisotopic (exact) mass is 424 g/mol. The van der Waals surface area contributed by atoms with Gasteiger partial charge in [-0.3, -0.25) is 24.1 Å². The number of hydrogen-bond donors (Lipinski definition) is 1. The SMILES string of the molecule is COCCN(Cc1nc2ccccc2c(=O)[nH]1)C(=O)CN1C(=O)[C@H]2CC=CC[C@H]2C1=O. The van der Waals surface area contributed by atoms with Gasteiger partial charge in [-0.2, -0.15) is 0 Å². The molecule has 9 nitrogen and oxygen atoms in total. The van der Waals surface area contributed by atoms with Crippen LogP contribution in [0.25, 0.3) is 10.9 Å². The summed E-state index contributed by atoms with van der Waals surface area (Å²) in [6.45, 7) is 0.205. The molecule has 31 heavy (non-hydrogen) atoms. The number of para-hydroxylation sites is 1. The van der Waals surface area contributed by atoms with Crippen molar-refractivity contribution < 1.29 is 19.1 Å². The molecular formula is C22H24N4O5. The number of hydrogen-bond acceptors (Lipinski definition) is 6. The van der Waals surface area contributed by atoms with Crippen molar-refractivity contribution >= 4 is 28.6 Å². The molecule has 2 aliphatic rings. The molecule has 1 saturated heterocycles. The number of likely N-dealkylation sites (tertiary alicyclic amines) is 1. The fourth-order valence-electron chi connectivity index (χ4n) is 4.14. The molecule has 162 valence electrons. The summed E-state index contributed by atoms with van der Waals surface area (Å²) in [4.78, 5) is 60.4. The molecule has 1 aliphatic heterocycles. The van der Waals surface area contributed by atoms with Gasteiger partial charge in [-0.1, -0.05) is 24.3 Å². The zero-order chi connectivity index (χ0) is 22.0. The van der Waals surface area contributed by atoms with Crippen molar-refractivity contribution in [2.45, 2.75) is 19.4 Å². The lowest BCUT2D eigenvalue weighted by Gasteiger charge is -2.24. The highest BCUT2D eigenvalue weighted by Gasteiger charge is 2.47. The summed E-state index contributed by atoms with van der Waals surface area (Å²) < 4.78 is 5.10. The van der Waals surface area contributed by atoms with Gasteiger partial charge in [0.25, 0.3) is 5.56 Å². The molecule has 0 unspecified atom stereocenters. The van der Waals surface area contributed by atoms with Crippen LogP contribution >= 0.6 is 0 Å². The molecule has 3 amide bonds. The van der Waals surface area contributed by atoms with Gasteiger partial charge < -0.3 is 14.6 Å². The van der Waals surface area contributed by atoms with Gasteiger partial charge >= 0.3 is 0 Å². The van der Waals surface area contributed by atoms with Gasteiger partial charge in [0.05, 0.1) is 35.9 Å². The smallest absolute Gasteiger partial charge is 0.258 e. The maximum atomic E-state index is 13.0. The average Bonchev–Trinajstić information content (AvgIpc) is 3.01. The predicted molar refractivity (Wildman–Crippen MR) is 112 cm³/mol. The third-order valence-electron chi connectivity index (χ3n) is 5.81. The van der Waals surface area contributed by atoms with Crippen LogP contribution in [-0.2, 0) is 25.7 Å². The van der Waals surface area contributed by atoms with E-state index < -0.39 is 5.91 Å². The lowest BCUT2D eigenvalue weighted by Crippen LogP contribution is -2.44. The summed E-state index contributed by atoms with van der Waals surface area (Å²) in [5.41, 5.74) is 0.239. The molecule has 2 heterocycles. The number of benzene rings is 1. The maximum Gasteiger partial charge on any atom is 0.258 e. The third kappa shape index (κ3) is 4.13. The van der Waals surface area contributed by atoms with E-state index in [1.807, 2.05) is 12.2 Å². The molecule has 4 rings (SSSR count). The second-order valence-corrected chi connectivity index (χ2v) is 7.76.